The van der Waals surface area contributed by atoms with Gasteiger partial charge in [0.1, 0.15) is 11.4 Å². The Morgan fingerprint density at radius 3 is 2.00 bits per heavy atom. The molecule has 0 aliphatic heterocycles. The van der Waals surface area contributed by atoms with E-state index in [-0.39, 0.29) is 0 Å². The largest absolute Gasteiger partial charge is 0.436 e. The zero-order valence-corrected chi connectivity index (χ0v) is 14.2. The maximum atomic E-state index is 6.17. The Kier molecular flexibility index (Phi) is 3.90. The Hall–Kier alpha value is -3.20. The molecule has 3 heteroatoms. The highest BCUT2D eigenvalue weighted by Crippen LogP contribution is 2.34. The van der Waals surface area contributed by atoms with Gasteiger partial charge in [0.05, 0.1) is 0 Å². The number of ether oxygens (including phenoxy) is 1. The molecule has 0 saturated carbocycles. The molecule has 0 aliphatic rings. The van der Waals surface area contributed by atoms with Crippen LogP contribution in [0.5, 0.6) is 11.6 Å². The van der Waals surface area contributed by atoms with Crippen molar-refractivity contribution in [1.29, 1.82) is 0 Å². The van der Waals surface area contributed by atoms with E-state index in [4.69, 9.17) is 4.74 Å². The van der Waals surface area contributed by atoms with Crippen LogP contribution in [0.1, 0.15) is 11.1 Å². The lowest BCUT2D eigenvalue weighted by atomic mass is 10.1. The van der Waals surface area contributed by atoms with Gasteiger partial charge < -0.3 is 4.74 Å². The molecular weight excluding hydrogens is 308 g/mol. The van der Waals surface area contributed by atoms with Crippen molar-refractivity contribution in [2.75, 3.05) is 0 Å². The molecule has 1 heterocycles. The van der Waals surface area contributed by atoms with Crippen LogP contribution in [0.2, 0.25) is 0 Å². The van der Waals surface area contributed by atoms with E-state index in [9.17, 15) is 0 Å². The Labute approximate surface area is 146 Å². The molecule has 4 aromatic rings. The third kappa shape index (κ3) is 2.85. The molecule has 0 bridgehead atoms. The highest BCUT2D eigenvalue weighted by atomic mass is 16.5. The summed E-state index contributed by atoms with van der Waals surface area (Å²) in [5.41, 5.74) is 4.07. The minimum absolute atomic E-state index is 0.535. The average Bonchev–Trinajstić information content (AvgIpc) is 2.65. The van der Waals surface area contributed by atoms with Crippen molar-refractivity contribution in [3.8, 4) is 22.9 Å². The fourth-order valence-electron chi connectivity index (χ4n) is 3.02. The predicted octanol–water partition coefficient (Wildman–Crippen LogP) is 5.71. The second-order valence-electron chi connectivity index (χ2n) is 6.09. The van der Waals surface area contributed by atoms with E-state index in [1.54, 1.807) is 0 Å². The normalized spacial score (nSPS) is 10.8. The van der Waals surface area contributed by atoms with E-state index in [2.05, 4.69) is 16.3 Å². The first-order chi connectivity index (χ1) is 12.2. The highest BCUT2D eigenvalue weighted by Gasteiger charge is 2.13. The van der Waals surface area contributed by atoms with Crippen molar-refractivity contribution in [3.05, 3.63) is 83.9 Å². The van der Waals surface area contributed by atoms with Crippen LogP contribution in [0.15, 0.2) is 72.8 Å². The third-order valence-electron chi connectivity index (χ3n) is 4.31. The first-order valence-electron chi connectivity index (χ1n) is 8.29. The van der Waals surface area contributed by atoms with Crippen molar-refractivity contribution in [2.24, 2.45) is 0 Å². The minimum atomic E-state index is 0.535. The molecule has 0 radical (unpaired) electrons. The van der Waals surface area contributed by atoms with Crippen LogP contribution < -0.4 is 4.74 Å². The number of rotatable bonds is 3. The number of benzene rings is 3. The van der Waals surface area contributed by atoms with E-state index < -0.39 is 0 Å². The molecule has 4 rings (SSSR count). The van der Waals surface area contributed by atoms with Crippen LogP contribution >= 0.6 is 0 Å². The zero-order valence-electron chi connectivity index (χ0n) is 14.2. The molecule has 3 aromatic carbocycles. The smallest absolute Gasteiger partial charge is 0.246 e. The van der Waals surface area contributed by atoms with Crippen LogP contribution in [-0.2, 0) is 0 Å². The van der Waals surface area contributed by atoms with Crippen molar-refractivity contribution >= 4 is 10.8 Å². The van der Waals surface area contributed by atoms with E-state index in [0.29, 0.717) is 5.88 Å². The molecule has 25 heavy (non-hydrogen) atoms. The lowest BCUT2D eigenvalue weighted by molar-refractivity contribution is 0.455. The van der Waals surface area contributed by atoms with Crippen molar-refractivity contribution in [1.82, 2.24) is 10.2 Å². The molecule has 1 aromatic heterocycles. The van der Waals surface area contributed by atoms with Gasteiger partial charge in [0, 0.05) is 16.3 Å². The van der Waals surface area contributed by atoms with Gasteiger partial charge in [-0.3, -0.25) is 0 Å². The Morgan fingerprint density at radius 1 is 0.640 bits per heavy atom. The standard InChI is InChI=1S/C22H18N2O/c1-15-9-8-10-16(2)21(15)25-22-19-14-7-6-13-18(19)20(23-24-22)17-11-4-3-5-12-17/h3-14H,1-2H3. The van der Waals surface area contributed by atoms with Gasteiger partial charge in [-0.1, -0.05) is 66.7 Å². The quantitative estimate of drug-likeness (QED) is 0.484. The van der Waals surface area contributed by atoms with Gasteiger partial charge in [0.15, 0.2) is 0 Å². The number of aryl methyl sites for hydroxylation is 2. The number of nitrogens with zero attached hydrogens (tertiary/aromatic N) is 2. The molecule has 0 amide bonds. The van der Waals surface area contributed by atoms with Crippen LogP contribution in [0, 0.1) is 13.8 Å². The molecule has 0 aliphatic carbocycles. The lowest BCUT2D eigenvalue weighted by Gasteiger charge is -2.13. The lowest BCUT2D eigenvalue weighted by Crippen LogP contribution is -1.98. The maximum absolute atomic E-state index is 6.17. The first kappa shape index (κ1) is 15.3. The zero-order chi connectivity index (χ0) is 17.2. The summed E-state index contributed by atoms with van der Waals surface area (Å²) in [6, 6.07) is 24.3. The van der Waals surface area contributed by atoms with Gasteiger partial charge in [-0.15, -0.1) is 10.2 Å². The summed E-state index contributed by atoms with van der Waals surface area (Å²) in [5.74, 6) is 1.38. The fraction of sp³-hybridized carbons (Fsp3) is 0.0909. The summed E-state index contributed by atoms with van der Waals surface area (Å²) in [7, 11) is 0. The molecule has 3 nitrogen and oxygen atoms in total. The monoisotopic (exact) mass is 326 g/mol. The fourth-order valence-corrected chi connectivity index (χ4v) is 3.02. The third-order valence-corrected chi connectivity index (χ3v) is 4.31. The number of fused-ring (bicyclic) bond motifs is 1. The number of hydrogen-bond acceptors (Lipinski definition) is 3. The minimum Gasteiger partial charge on any atom is -0.436 e. The molecule has 0 saturated heterocycles. The number of hydrogen-bond donors (Lipinski definition) is 0. The Balaban J connectivity index is 1.87. The van der Waals surface area contributed by atoms with Crippen molar-refractivity contribution < 1.29 is 4.74 Å². The summed E-state index contributed by atoms with van der Waals surface area (Å²) in [4.78, 5) is 0. The molecule has 0 spiro atoms. The van der Waals surface area contributed by atoms with Crippen LogP contribution in [0.4, 0.5) is 0 Å². The van der Waals surface area contributed by atoms with E-state index in [1.807, 2.05) is 80.6 Å². The molecule has 0 atom stereocenters. The van der Waals surface area contributed by atoms with E-state index in [1.165, 1.54) is 0 Å². The van der Waals surface area contributed by atoms with Crippen LogP contribution in [0.3, 0.4) is 0 Å². The van der Waals surface area contributed by atoms with Gasteiger partial charge in [-0.2, -0.15) is 0 Å². The van der Waals surface area contributed by atoms with Gasteiger partial charge in [0.2, 0.25) is 5.88 Å². The molecule has 0 unspecified atom stereocenters. The Bertz CT molecular complexity index is 1020. The average molecular weight is 326 g/mol. The molecular formula is C22H18N2O. The van der Waals surface area contributed by atoms with Crippen molar-refractivity contribution in [2.45, 2.75) is 13.8 Å². The predicted molar refractivity (Wildman–Crippen MR) is 101 cm³/mol. The van der Waals surface area contributed by atoms with E-state index in [0.717, 1.165) is 38.9 Å². The van der Waals surface area contributed by atoms with Gasteiger partial charge in [0.25, 0.3) is 0 Å². The molecule has 122 valence electrons. The number of aromatic nitrogens is 2. The van der Waals surface area contributed by atoms with Crippen molar-refractivity contribution in [3.63, 3.8) is 0 Å². The van der Waals surface area contributed by atoms with Gasteiger partial charge >= 0.3 is 0 Å². The van der Waals surface area contributed by atoms with E-state index >= 15 is 0 Å². The molecule has 0 fully saturated rings. The second kappa shape index (κ2) is 6.36. The summed E-state index contributed by atoms with van der Waals surface area (Å²) in [6.45, 7) is 4.08. The summed E-state index contributed by atoms with van der Waals surface area (Å²) < 4.78 is 6.17. The van der Waals surface area contributed by atoms with Gasteiger partial charge in [-0.25, -0.2) is 0 Å². The summed E-state index contributed by atoms with van der Waals surface area (Å²) in [5, 5.41) is 10.8. The summed E-state index contributed by atoms with van der Waals surface area (Å²) in [6.07, 6.45) is 0. The first-order valence-corrected chi connectivity index (χ1v) is 8.29. The number of para-hydroxylation sites is 1. The van der Waals surface area contributed by atoms with Crippen LogP contribution in [0.25, 0.3) is 22.0 Å². The topological polar surface area (TPSA) is 35.0 Å². The highest BCUT2D eigenvalue weighted by molar-refractivity contribution is 5.97. The Morgan fingerprint density at radius 2 is 1.28 bits per heavy atom. The van der Waals surface area contributed by atoms with Crippen LogP contribution in [-0.4, -0.2) is 10.2 Å². The summed E-state index contributed by atoms with van der Waals surface area (Å²) >= 11 is 0. The van der Waals surface area contributed by atoms with Gasteiger partial charge in [-0.05, 0) is 31.0 Å². The molecule has 0 N–H and O–H groups in total. The SMILES string of the molecule is Cc1cccc(C)c1Oc1nnc(-c2ccccc2)c2ccccc12. The maximum Gasteiger partial charge on any atom is 0.246 e. The second-order valence-corrected chi connectivity index (χ2v) is 6.09.